The van der Waals surface area contributed by atoms with E-state index < -0.39 is 0 Å². The van der Waals surface area contributed by atoms with Crippen LogP contribution in [0.25, 0.3) is 10.8 Å². The van der Waals surface area contributed by atoms with E-state index in [9.17, 15) is 0 Å². The van der Waals surface area contributed by atoms with Crippen LogP contribution in [0.3, 0.4) is 0 Å². The van der Waals surface area contributed by atoms with Crippen molar-refractivity contribution < 1.29 is 4.74 Å². The molecule has 0 heterocycles. The van der Waals surface area contributed by atoms with Crippen LogP contribution in [0.2, 0.25) is 0 Å². The molecule has 2 rings (SSSR count). The zero-order valence-electron chi connectivity index (χ0n) is 12.6. The summed E-state index contributed by atoms with van der Waals surface area (Å²) in [4.78, 5) is 0. The average molecular weight is 256 g/mol. The van der Waals surface area contributed by atoms with Crippen LogP contribution in [-0.4, -0.2) is 6.10 Å². The topological polar surface area (TPSA) is 9.23 Å². The highest BCUT2D eigenvalue weighted by Crippen LogP contribution is 2.29. The van der Waals surface area contributed by atoms with Crippen LogP contribution in [0, 0.1) is 5.41 Å². The van der Waals surface area contributed by atoms with E-state index in [2.05, 4.69) is 77.1 Å². The molecule has 0 saturated carbocycles. The van der Waals surface area contributed by atoms with Gasteiger partial charge in [-0.05, 0) is 41.7 Å². The SMILES string of the molecule is CC(OC(C)C(C)(C)C)c1ccc2ccccc2c1. The molecule has 0 aliphatic heterocycles. The number of rotatable bonds is 3. The minimum absolute atomic E-state index is 0.124. The second-order valence-electron chi connectivity index (χ2n) is 6.39. The first-order valence-corrected chi connectivity index (χ1v) is 7.02. The number of benzene rings is 2. The highest BCUT2D eigenvalue weighted by molar-refractivity contribution is 5.83. The van der Waals surface area contributed by atoms with E-state index in [4.69, 9.17) is 4.74 Å². The second-order valence-corrected chi connectivity index (χ2v) is 6.39. The summed E-state index contributed by atoms with van der Waals surface area (Å²) >= 11 is 0. The van der Waals surface area contributed by atoms with E-state index in [1.165, 1.54) is 16.3 Å². The van der Waals surface area contributed by atoms with Crippen molar-refractivity contribution in [3.8, 4) is 0 Å². The Bertz CT molecular complexity index is 551. The van der Waals surface area contributed by atoms with Crippen LogP contribution in [0.5, 0.6) is 0 Å². The Morgan fingerprint density at radius 1 is 0.895 bits per heavy atom. The average Bonchev–Trinajstić information content (AvgIpc) is 2.37. The van der Waals surface area contributed by atoms with Gasteiger partial charge in [0.25, 0.3) is 0 Å². The Labute approximate surface area is 116 Å². The zero-order valence-corrected chi connectivity index (χ0v) is 12.6. The van der Waals surface area contributed by atoms with E-state index >= 15 is 0 Å². The van der Waals surface area contributed by atoms with Crippen LogP contribution in [0.15, 0.2) is 42.5 Å². The summed E-state index contributed by atoms with van der Waals surface area (Å²) in [5.41, 5.74) is 1.42. The Morgan fingerprint density at radius 3 is 2.16 bits per heavy atom. The summed E-state index contributed by atoms with van der Waals surface area (Å²) in [6.45, 7) is 10.9. The van der Waals surface area contributed by atoms with Gasteiger partial charge in [-0.15, -0.1) is 0 Å². The van der Waals surface area contributed by atoms with Gasteiger partial charge in [-0.3, -0.25) is 0 Å². The summed E-state index contributed by atoms with van der Waals surface area (Å²) in [6.07, 6.45) is 0.354. The highest BCUT2D eigenvalue weighted by Gasteiger charge is 2.23. The highest BCUT2D eigenvalue weighted by atomic mass is 16.5. The number of hydrogen-bond acceptors (Lipinski definition) is 1. The van der Waals surface area contributed by atoms with Crippen molar-refractivity contribution in [2.24, 2.45) is 5.41 Å². The van der Waals surface area contributed by atoms with Crippen LogP contribution >= 0.6 is 0 Å². The first-order chi connectivity index (χ1) is 8.88. The molecular weight excluding hydrogens is 232 g/mol. The monoisotopic (exact) mass is 256 g/mol. The third kappa shape index (κ3) is 3.36. The van der Waals surface area contributed by atoms with Gasteiger partial charge in [-0.2, -0.15) is 0 Å². The summed E-state index contributed by atoms with van der Waals surface area (Å²) in [6, 6.07) is 15.0. The predicted molar refractivity (Wildman–Crippen MR) is 82.4 cm³/mol. The fourth-order valence-electron chi connectivity index (χ4n) is 2.05. The molecule has 0 spiro atoms. The quantitative estimate of drug-likeness (QED) is 0.719. The van der Waals surface area contributed by atoms with E-state index in [0.717, 1.165) is 0 Å². The molecule has 0 aliphatic rings. The maximum absolute atomic E-state index is 6.15. The fraction of sp³-hybridized carbons (Fsp3) is 0.444. The Hall–Kier alpha value is -1.34. The van der Waals surface area contributed by atoms with Gasteiger partial charge < -0.3 is 4.74 Å². The van der Waals surface area contributed by atoms with E-state index in [1.54, 1.807) is 0 Å². The van der Waals surface area contributed by atoms with Crippen molar-refractivity contribution in [2.45, 2.75) is 46.8 Å². The third-order valence-electron chi connectivity index (χ3n) is 3.87. The standard InChI is InChI=1S/C18H24O/c1-13(19-14(2)18(3,4)5)16-11-10-15-8-6-7-9-17(15)12-16/h6-14H,1-5H3. The first kappa shape index (κ1) is 14.1. The second kappa shape index (κ2) is 5.34. The smallest absolute Gasteiger partial charge is 0.0800 e. The maximum Gasteiger partial charge on any atom is 0.0800 e. The van der Waals surface area contributed by atoms with E-state index in [1.807, 2.05) is 0 Å². The normalized spacial score (nSPS) is 15.4. The summed E-state index contributed by atoms with van der Waals surface area (Å²) in [5.74, 6) is 0. The van der Waals surface area contributed by atoms with Gasteiger partial charge in [-0.25, -0.2) is 0 Å². The number of hydrogen-bond donors (Lipinski definition) is 0. The van der Waals surface area contributed by atoms with Crippen molar-refractivity contribution in [3.63, 3.8) is 0 Å². The Kier molecular flexibility index (Phi) is 3.96. The van der Waals surface area contributed by atoms with Gasteiger partial charge in [0.05, 0.1) is 12.2 Å². The molecule has 0 bridgehead atoms. The third-order valence-corrected chi connectivity index (χ3v) is 3.87. The molecule has 0 amide bonds. The summed E-state index contributed by atoms with van der Waals surface area (Å²) in [7, 11) is 0. The minimum atomic E-state index is 0.124. The Morgan fingerprint density at radius 2 is 1.53 bits per heavy atom. The molecule has 0 N–H and O–H groups in total. The van der Waals surface area contributed by atoms with Gasteiger partial charge >= 0.3 is 0 Å². The molecule has 1 nitrogen and oxygen atoms in total. The maximum atomic E-state index is 6.15. The molecule has 2 atom stereocenters. The van der Waals surface area contributed by atoms with E-state index in [0.29, 0.717) is 0 Å². The van der Waals surface area contributed by atoms with Gasteiger partial charge in [0.1, 0.15) is 0 Å². The molecule has 0 aromatic heterocycles. The lowest BCUT2D eigenvalue weighted by Gasteiger charge is -2.30. The molecule has 0 fully saturated rings. The molecular formula is C18H24O. The number of ether oxygens (including phenoxy) is 1. The lowest BCUT2D eigenvalue weighted by molar-refractivity contribution is -0.0494. The Balaban J connectivity index is 2.19. The molecule has 19 heavy (non-hydrogen) atoms. The molecule has 2 aromatic rings. The van der Waals surface area contributed by atoms with Gasteiger partial charge in [0.2, 0.25) is 0 Å². The lowest BCUT2D eigenvalue weighted by atomic mass is 9.90. The molecule has 0 saturated heterocycles. The van der Waals surface area contributed by atoms with Gasteiger partial charge in [0, 0.05) is 0 Å². The van der Waals surface area contributed by atoms with Gasteiger partial charge in [0.15, 0.2) is 0 Å². The molecule has 0 radical (unpaired) electrons. The fourth-order valence-corrected chi connectivity index (χ4v) is 2.05. The molecule has 0 aliphatic carbocycles. The minimum Gasteiger partial charge on any atom is -0.370 e. The molecule has 2 unspecified atom stereocenters. The van der Waals surface area contributed by atoms with Gasteiger partial charge in [-0.1, -0.05) is 57.2 Å². The molecule has 102 valence electrons. The summed E-state index contributed by atoms with van der Waals surface area (Å²) in [5, 5.41) is 2.56. The van der Waals surface area contributed by atoms with Crippen LogP contribution in [0.4, 0.5) is 0 Å². The van der Waals surface area contributed by atoms with Crippen molar-refractivity contribution in [2.75, 3.05) is 0 Å². The van der Waals surface area contributed by atoms with Crippen molar-refractivity contribution in [3.05, 3.63) is 48.0 Å². The first-order valence-electron chi connectivity index (χ1n) is 7.02. The van der Waals surface area contributed by atoms with Crippen molar-refractivity contribution in [1.82, 2.24) is 0 Å². The lowest BCUT2D eigenvalue weighted by Crippen LogP contribution is -2.27. The predicted octanol–water partition coefficient (Wildman–Crippen LogP) is 5.35. The van der Waals surface area contributed by atoms with Crippen molar-refractivity contribution >= 4 is 10.8 Å². The zero-order chi connectivity index (χ0) is 14.0. The van der Waals surface area contributed by atoms with Crippen LogP contribution in [0.1, 0.15) is 46.3 Å². The summed E-state index contributed by atoms with van der Waals surface area (Å²) < 4.78 is 6.15. The van der Waals surface area contributed by atoms with Crippen LogP contribution in [-0.2, 0) is 4.74 Å². The van der Waals surface area contributed by atoms with Crippen molar-refractivity contribution in [1.29, 1.82) is 0 Å². The largest absolute Gasteiger partial charge is 0.370 e. The van der Waals surface area contributed by atoms with Crippen LogP contribution < -0.4 is 0 Å². The molecule has 1 heteroatoms. The van der Waals surface area contributed by atoms with E-state index in [-0.39, 0.29) is 17.6 Å². The number of fused-ring (bicyclic) bond motifs is 1. The molecule has 2 aromatic carbocycles.